The summed E-state index contributed by atoms with van der Waals surface area (Å²) in [6.07, 6.45) is 7.78. The lowest BCUT2D eigenvalue weighted by Gasteiger charge is -2.26. The molecule has 2 atom stereocenters. The van der Waals surface area contributed by atoms with Gasteiger partial charge in [-0.2, -0.15) is 0 Å². The Kier molecular flexibility index (Phi) is 5.10. The molecule has 0 radical (unpaired) electrons. The van der Waals surface area contributed by atoms with E-state index in [-0.39, 0.29) is 11.2 Å². The van der Waals surface area contributed by atoms with Gasteiger partial charge in [-0.25, -0.2) is 0 Å². The third kappa shape index (κ3) is 3.50. The molecule has 1 amide bonds. The molecule has 2 fully saturated rings. The highest BCUT2D eigenvalue weighted by atomic mass is 32.2. The number of carbonyl (C=O) groups is 1. The zero-order valence-corrected chi connectivity index (χ0v) is 12.3. The van der Waals surface area contributed by atoms with Crippen molar-refractivity contribution in [3.63, 3.8) is 0 Å². The van der Waals surface area contributed by atoms with Crippen LogP contribution in [0.2, 0.25) is 0 Å². The maximum Gasteiger partial charge on any atom is 0.239 e. The molecule has 0 aromatic rings. The first-order chi connectivity index (χ1) is 8.70. The number of rotatable bonds is 4. The molecule has 3 nitrogen and oxygen atoms in total. The summed E-state index contributed by atoms with van der Waals surface area (Å²) in [6.45, 7) is 5.22. The van der Waals surface area contributed by atoms with Gasteiger partial charge in [-0.3, -0.25) is 9.79 Å². The molecule has 102 valence electrons. The van der Waals surface area contributed by atoms with Crippen LogP contribution < -0.4 is 5.32 Å². The molecule has 0 aromatic carbocycles. The Balaban J connectivity index is 1.81. The Morgan fingerprint density at radius 2 is 2.11 bits per heavy atom. The summed E-state index contributed by atoms with van der Waals surface area (Å²) in [7, 11) is 0. The molecule has 18 heavy (non-hydrogen) atoms. The summed E-state index contributed by atoms with van der Waals surface area (Å²) < 4.78 is 0. The van der Waals surface area contributed by atoms with Crippen LogP contribution in [0.1, 0.15) is 52.4 Å². The molecule has 2 aliphatic rings. The number of carbonyl (C=O) groups excluding carboxylic acids is 1. The van der Waals surface area contributed by atoms with Crippen LogP contribution in [0.15, 0.2) is 4.99 Å². The minimum atomic E-state index is 0.0775. The molecule has 0 unspecified atom stereocenters. The van der Waals surface area contributed by atoms with Gasteiger partial charge in [0.1, 0.15) is 0 Å². The Hall–Kier alpha value is -0.510. The highest BCUT2D eigenvalue weighted by Gasteiger charge is 2.28. The average Bonchev–Trinajstić information content (AvgIpc) is 2.77. The molecule has 1 saturated carbocycles. The number of aliphatic imine (C=N–C) groups is 1. The normalized spacial score (nSPS) is 29.6. The predicted molar refractivity (Wildman–Crippen MR) is 77.9 cm³/mol. The van der Waals surface area contributed by atoms with Crippen molar-refractivity contribution in [3.05, 3.63) is 0 Å². The Morgan fingerprint density at radius 1 is 1.39 bits per heavy atom. The van der Waals surface area contributed by atoms with Crippen LogP contribution in [0.5, 0.6) is 0 Å². The van der Waals surface area contributed by atoms with E-state index < -0.39 is 0 Å². The Bertz CT molecular complexity index is 324. The van der Waals surface area contributed by atoms with Crippen LogP contribution in [0.25, 0.3) is 0 Å². The van der Waals surface area contributed by atoms with Gasteiger partial charge in [-0.05, 0) is 18.3 Å². The van der Waals surface area contributed by atoms with Crippen LogP contribution in [0, 0.1) is 11.8 Å². The molecule has 1 saturated heterocycles. The largest absolute Gasteiger partial charge is 0.304 e. The summed E-state index contributed by atoms with van der Waals surface area (Å²) in [5, 5.41) is 3.81. The van der Waals surface area contributed by atoms with E-state index in [0.29, 0.717) is 5.92 Å². The number of nitrogens with zero attached hydrogens (tertiary/aromatic N) is 1. The number of hydrogen-bond acceptors (Lipinski definition) is 3. The van der Waals surface area contributed by atoms with E-state index in [1.165, 1.54) is 32.1 Å². The third-order valence-electron chi connectivity index (χ3n) is 4.12. The van der Waals surface area contributed by atoms with Gasteiger partial charge in [0.05, 0.1) is 5.25 Å². The van der Waals surface area contributed by atoms with Crippen LogP contribution in [0.4, 0.5) is 0 Å². The second-order valence-electron chi connectivity index (χ2n) is 5.53. The summed E-state index contributed by atoms with van der Waals surface area (Å²) in [6, 6.07) is 0. The lowest BCUT2D eigenvalue weighted by molar-refractivity contribution is -0.118. The summed E-state index contributed by atoms with van der Waals surface area (Å²) in [5.41, 5.74) is 0. The second kappa shape index (κ2) is 6.60. The van der Waals surface area contributed by atoms with Gasteiger partial charge >= 0.3 is 0 Å². The quantitative estimate of drug-likeness (QED) is 0.850. The minimum absolute atomic E-state index is 0.0775. The van der Waals surface area contributed by atoms with E-state index in [1.54, 1.807) is 11.8 Å². The van der Waals surface area contributed by atoms with Crippen LogP contribution >= 0.6 is 11.8 Å². The average molecular weight is 268 g/mol. The van der Waals surface area contributed by atoms with Crippen molar-refractivity contribution >= 4 is 22.8 Å². The first kappa shape index (κ1) is 13.9. The number of nitrogens with one attached hydrogen (secondary N) is 1. The fourth-order valence-electron chi connectivity index (χ4n) is 2.83. The molecule has 1 aliphatic carbocycles. The third-order valence-corrected chi connectivity index (χ3v) is 5.41. The van der Waals surface area contributed by atoms with Gasteiger partial charge in [0.15, 0.2) is 5.17 Å². The molecule has 0 bridgehead atoms. The van der Waals surface area contributed by atoms with E-state index in [0.717, 1.165) is 24.1 Å². The van der Waals surface area contributed by atoms with Crippen molar-refractivity contribution in [3.8, 4) is 0 Å². The van der Waals surface area contributed by atoms with Gasteiger partial charge in [0, 0.05) is 6.54 Å². The molecule has 0 aromatic heterocycles. The second-order valence-corrected chi connectivity index (χ2v) is 6.72. The van der Waals surface area contributed by atoms with Crippen molar-refractivity contribution in [2.45, 2.75) is 57.6 Å². The molecule has 4 heteroatoms. The van der Waals surface area contributed by atoms with Gasteiger partial charge in [-0.15, -0.1) is 0 Å². The van der Waals surface area contributed by atoms with E-state index in [2.05, 4.69) is 17.2 Å². The first-order valence-corrected chi connectivity index (χ1v) is 8.10. The topological polar surface area (TPSA) is 41.5 Å². The first-order valence-electron chi connectivity index (χ1n) is 7.22. The zero-order valence-electron chi connectivity index (χ0n) is 11.4. The number of hydrogen-bond donors (Lipinski definition) is 1. The highest BCUT2D eigenvalue weighted by molar-refractivity contribution is 8.15. The van der Waals surface area contributed by atoms with E-state index >= 15 is 0 Å². The zero-order chi connectivity index (χ0) is 13.0. The fourth-order valence-corrected chi connectivity index (χ4v) is 3.74. The number of thioether (sulfide) groups is 1. The smallest absolute Gasteiger partial charge is 0.239 e. The van der Waals surface area contributed by atoms with E-state index in [1.807, 2.05) is 6.92 Å². The summed E-state index contributed by atoms with van der Waals surface area (Å²) in [5.74, 6) is 1.62. The molecule has 1 N–H and O–H groups in total. The van der Waals surface area contributed by atoms with E-state index in [4.69, 9.17) is 0 Å². The maximum atomic E-state index is 11.5. The molecule has 2 rings (SSSR count). The van der Waals surface area contributed by atoms with Crippen LogP contribution in [-0.4, -0.2) is 22.9 Å². The Labute approximate surface area is 114 Å². The number of amidine groups is 1. The predicted octanol–water partition coefficient (Wildman–Crippen LogP) is 3.20. The molecule has 1 heterocycles. The monoisotopic (exact) mass is 268 g/mol. The van der Waals surface area contributed by atoms with Crippen molar-refractivity contribution in [1.82, 2.24) is 5.32 Å². The summed E-state index contributed by atoms with van der Waals surface area (Å²) in [4.78, 5) is 16.1. The molecule has 0 spiro atoms. The Morgan fingerprint density at radius 3 is 2.72 bits per heavy atom. The van der Waals surface area contributed by atoms with Crippen molar-refractivity contribution in [2.75, 3.05) is 6.54 Å². The molecular weight excluding hydrogens is 244 g/mol. The van der Waals surface area contributed by atoms with Crippen molar-refractivity contribution in [1.29, 1.82) is 0 Å². The molecular formula is C14H24N2OS. The lowest BCUT2D eigenvalue weighted by Crippen LogP contribution is -2.25. The standard InChI is InChI=1S/C14H24N2OS/c1-3-12-13(17)16-14(18-12)15-9-10(2)11-7-5-4-6-8-11/h10-12H,3-9H2,1-2H3,(H,15,16,17)/t10-,12-/m0/s1. The van der Waals surface area contributed by atoms with Crippen molar-refractivity contribution in [2.24, 2.45) is 16.8 Å². The van der Waals surface area contributed by atoms with Gasteiger partial charge in [-0.1, -0.05) is 57.7 Å². The summed E-state index contributed by atoms with van der Waals surface area (Å²) >= 11 is 1.60. The maximum absolute atomic E-state index is 11.5. The molecule has 1 aliphatic heterocycles. The minimum Gasteiger partial charge on any atom is -0.304 e. The van der Waals surface area contributed by atoms with Gasteiger partial charge < -0.3 is 5.32 Å². The van der Waals surface area contributed by atoms with Crippen molar-refractivity contribution < 1.29 is 4.79 Å². The van der Waals surface area contributed by atoms with E-state index in [9.17, 15) is 4.79 Å². The fraction of sp³-hybridized carbons (Fsp3) is 0.857. The lowest BCUT2D eigenvalue weighted by atomic mass is 9.81. The highest BCUT2D eigenvalue weighted by Crippen LogP contribution is 2.30. The van der Waals surface area contributed by atoms with Crippen LogP contribution in [-0.2, 0) is 4.79 Å². The number of amides is 1. The SMILES string of the molecule is CC[C@@H]1SC(=NC[C@H](C)C2CCCCC2)NC1=O. The van der Waals surface area contributed by atoms with Crippen LogP contribution in [0.3, 0.4) is 0 Å². The van der Waals surface area contributed by atoms with Gasteiger partial charge in [0.25, 0.3) is 0 Å². The van der Waals surface area contributed by atoms with Gasteiger partial charge in [0.2, 0.25) is 5.91 Å².